The summed E-state index contributed by atoms with van der Waals surface area (Å²) in [4.78, 5) is 7.12. The highest BCUT2D eigenvalue weighted by molar-refractivity contribution is 6.30. The minimum atomic E-state index is -0.0856. The van der Waals surface area contributed by atoms with Crippen LogP contribution in [0.2, 0.25) is 5.02 Å². The Morgan fingerprint density at radius 1 is 0.778 bits per heavy atom. The molecule has 5 aromatic rings. The molecule has 0 radical (unpaired) electrons. The largest absolute Gasteiger partial charge is 0.373 e. The molecule has 0 saturated carbocycles. The maximum atomic E-state index is 6.24. The highest BCUT2D eigenvalue weighted by Gasteiger charge is 2.20. The molecule has 0 aliphatic heterocycles. The molecular weight excluding hydrogens is 572 g/mol. The normalized spacial score (nSPS) is 12.6. The van der Waals surface area contributed by atoms with Crippen molar-refractivity contribution < 1.29 is 0 Å². The zero-order valence-corrected chi connectivity index (χ0v) is 26.8. The molecule has 0 saturated heterocycles. The van der Waals surface area contributed by atoms with Crippen LogP contribution in [0.4, 0.5) is 0 Å². The first-order valence-electron chi connectivity index (χ1n) is 15.2. The third-order valence-electron chi connectivity index (χ3n) is 7.92. The van der Waals surface area contributed by atoms with Gasteiger partial charge in [-0.05, 0) is 54.3 Å². The predicted octanol–water partition coefficient (Wildman–Crippen LogP) is 9.97. The van der Waals surface area contributed by atoms with Gasteiger partial charge in [0.25, 0.3) is 0 Å². The van der Waals surface area contributed by atoms with Gasteiger partial charge < -0.3 is 4.90 Å². The van der Waals surface area contributed by atoms with Crippen molar-refractivity contribution in [1.82, 2.24) is 14.9 Å². The molecule has 45 heavy (non-hydrogen) atoms. The number of hydrogen-bond donors (Lipinski definition) is 0. The van der Waals surface area contributed by atoms with E-state index in [-0.39, 0.29) is 12.1 Å². The van der Waals surface area contributed by atoms with Crippen LogP contribution in [0.5, 0.6) is 0 Å². The Kier molecular flexibility index (Phi) is 10.6. The Morgan fingerprint density at radius 3 is 1.82 bits per heavy atom. The molecule has 5 rings (SSSR count). The Bertz CT molecular complexity index is 1680. The molecule has 4 nitrogen and oxygen atoms in total. The summed E-state index contributed by atoms with van der Waals surface area (Å²) in [7, 11) is 2.11. The minimum Gasteiger partial charge on any atom is -0.373 e. The first-order valence-corrected chi connectivity index (χ1v) is 15.6. The molecule has 0 aliphatic carbocycles. The highest BCUT2D eigenvalue weighted by Crippen LogP contribution is 2.30. The maximum Gasteiger partial charge on any atom is 0.102 e. The van der Waals surface area contributed by atoms with Gasteiger partial charge in [0.05, 0.1) is 6.04 Å². The van der Waals surface area contributed by atoms with E-state index in [9.17, 15) is 0 Å². The van der Waals surface area contributed by atoms with E-state index in [1.54, 1.807) is 6.20 Å². The minimum absolute atomic E-state index is 0.0856. The maximum absolute atomic E-state index is 6.24. The molecule has 5 heteroatoms. The quantitative estimate of drug-likeness (QED) is 0.104. The summed E-state index contributed by atoms with van der Waals surface area (Å²) in [6.45, 7) is 8.35. The van der Waals surface area contributed by atoms with Gasteiger partial charge in [-0.3, -0.25) is 9.99 Å². The van der Waals surface area contributed by atoms with E-state index in [0.717, 1.165) is 39.2 Å². The van der Waals surface area contributed by atoms with Crippen molar-refractivity contribution in [1.29, 1.82) is 0 Å². The lowest BCUT2D eigenvalue weighted by atomic mass is 9.98. The number of halogens is 1. The van der Waals surface area contributed by atoms with Crippen molar-refractivity contribution in [3.8, 4) is 0 Å². The third kappa shape index (κ3) is 8.17. The van der Waals surface area contributed by atoms with Crippen LogP contribution in [0.15, 0.2) is 158 Å². The smallest absolute Gasteiger partial charge is 0.102 e. The summed E-state index contributed by atoms with van der Waals surface area (Å²) < 4.78 is 0. The van der Waals surface area contributed by atoms with E-state index < -0.39 is 0 Å². The van der Waals surface area contributed by atoms with Crippen LogP contribution in [0.25, 0.3) is 5.57 Å². The Morgan fingerprint density at radius 2 is 1.31 bits per heavy atom. The van der Waals surface area contributed by atoms with Crippen molar-refractivity contribution in [3.05, 3.63) is 191 Å². The fourth-order valence-corrected chi connectivity index (χ4v) is 5.51. The number of pyridine rings is 1. The number of nitrogens with zero attached hydrogens (tertiary/aromatic N) is 4. The second-order valence-corrected chi connectivity index (χ2v) is 11.6. The molecule has 1 atom stereocenters. The molecule has 226 valence electrons. The Balaban J connectivity index is 1.40. The SMILES string of the molecule is C=CN(/N=C(/C)Cc1ccc(/C(=C\N(C)[C@H](C)c2ccccc2)c2ccc(Cl)cc2)cn1)C(c1ccccc1)c1ccccc1. The van der Waals surface area contributed by atoms with Gasteiger partial charge in [0.2, 0.25) is 0 Å². The van der Waals surface area contributed by atoms with E-state index >= 15 is 0 Å². The number of hydrazone groups is 1. The molecule has 0 bridgehead atoms. The number of aromatic nitrogens is 1. The van der Waals surface area contributed by atoms with Crippen LogP contribution in [-0.4, -0.2) is 27.7 Å². The van der Waals surface area contributed by atoms with Gasteiger partial charge in [0, 0.05) is 59.6 Å². The van der Waals surface area contributed by atoms with Crippen molar-refractivity contribution in [2.24, 2.45) is 5.10 Å². The molecule has 1 heterocycles. The van der Waals surface area contributed by atoms with Crippen LogP contribution in [0.1, 0.15) is 59.4 Å². The standard InChI is InChI=1S/C40H39ClN4/c1-5-45(40(34-17-11-7-12-18-34)35-19-13-8-14-20-35)43-30(2)27-38-26-23-36(28-42-38)39(33-21-24-37(41)25-22-33)29-44(4)31(3)32-15-9-6-10-16-32/h5-26,28-29,31,40H,1,27H2,2-4H3/b39-29-,43-30-/t31-/m1/s1. The molecule has 1 aromatic heterocycles. The van der Waals surface area contributed by atoms with Crippen LogP contribution in [0.3, 0.4) is 0 Å². The zero-order valence-electron chi connectivity index (χ0n) is 26.1. The van der Waals surface area contributed by atoms with Crippen LogP contribution in [0, 0.1) is 0 Å². The van der Waals surface area contributed by atoms with Crippen LogP contribution in [-0.2, 0) is 6.42 Å². The van der Waals surface area contributed by atoms with Crippen molar-refractivity contribution >= 4 is 22.9 Å². The summed E-state index contributed by atoms with van der Waals surface area (Å²) in [5.41, 5.74) is 8.62. The van der Waals surface area contributed by atoms with Gasteiger partial charge in [-0.25, -0.2) is 0 Å². The van der Waals surface area contributed by atoms with Crippen molar-refractivity contribution in [3.63, 3.8) is 0 Å². The Labute approximate surface area is 272 Å². The van der Waals surface area contributed by atoms with E-state index in [4.69, 9.17) is 21.7 Å². The molecule has 0 fully saturated rings. The summed E-state index contributed by atoms with van der Waals surface area (Å²) >= 11 is 6.24. The number of benzene rings is 4. The molecule has 0 N–H and O–H groups in total. The van der Waals surface area contributed by atoms with Gasteiger partial charge in [0.1, 0.15) is 6.04 Å². The molecular formula is C40H39ClN4. The van der Waals surface area contributed by atoms with Crippen molar-refractivity contribution in [2.45, 2.75) is 32.4 Å². The first kappa shape index (κ1) is 31.5. The molecule has 0 spiro atoms. The number of hydrogen-bond acceptors (Lipinski definition) is 4. The van der Waals surface area contributed by atoms with E-state index in [0.29, 0.717) is 11.4 Å². The topological polar surface area (TPSA) is 31.7 Å². The number of rotatable bonds is 12. The molecule has 0 unspecified atom stereocenters. The summed E-state index contributed by atoms with van der Waals surface area (Å²) in [5.74, 6) is 0. The summed E-state index contributed by atoms with van der Waals surface area (Å²) in [5, 5.41) is 7.66. The Hall–Kier alpha value is -4.93. The first-order chi connectivity index (χ1) is 21.9. The third-order valence-corrected chi connectivity index (χ3v) is 8.17. The molecule has 0 amide bonds. The second kappa shape index (κ2) is 15.2. The van der Waals surface area contributed by atoms with Gasteiger partial charge in [-0.15, -0.1) is 0 Å². The fraction of sp³-hybridized carbons (Fsp3) is 0.150. The van der Waals surface area contributed by atoms with Gasteiger partial charge in [-0.1, -0.05) is 127 Å². The van der Waals surface area contributed by atoms with Crippen molar-refractivity contribution in [2.75, 3.05) is 7.05 Å². The van der Waals surface area contributed by atoms with Gasteiger partial charge >= 0.3 is 0 Å². The lowest BCUT2D eigenvalue weighted by molar-refractivity contribution is 0.334. The van der Waals surface area contributed by atoms with E-state index in [2.05, 4.69) is 129 Å². The zero-order chi connectivity index (χ0) is 31.6. The van der Waals surface area contributed by atoms with Gasteiger partial charge in [-0.2, -0.15) is 5.10 Å². The van der Waals surface area contributed by atoms with Crippen LogP contribution < -0.4 is 0 Å². The van der Waals surface area contributed by atoms with E-state index in [1.165, 1.54) is 5.56 Å². The average molecular weight is 611 g/mol. The highest BCUT2D eigenvalue weighted by atomic mass is 35.5. The van der Waals surface area contributed by atoms with Crippen LogP contribution >= 0.6 is 11.6 Å². The molecule has 0 aliphatic rings. The summed E-state index contributed by atoms with van der Waals surface area (Å²) in [6.07, 6.45) is 6.55. The fourth-order valence-electron chi connectivity index (χ4n) is 5.38. The molecule has 4 aromatic carbocycles. The lowest BCUT2D eigenvalue weighted by Crippen LogP contribution is -2.21. The summed E-state index contributed by atoms with van der Waals surface area (Å²) in [6, 6.07) is 43.6. The predicted molar refractivity (Wildman–Crippen MR) is 189 cm³/mol. The lowest BCUT2D eigenvalue weighted by Gasteiger charge is -2.28. The van der Waals surface area contributed by atoms with Gasteiger partial charge in [0.15, 0.2) is 0 Å². The monoisotopic (exact) mass is 610 g/mol. The second-order valence-electron chi connectivity index (χ2n) is 11.1. The average Bonchev–Trinajstić information content (AvgIpc) is 3.08. The van der Waals surface area contributed by atoms with E-state index in [1.807, 2.05) is 48.5 Å².